The summed E-state index contributed by atoms with van der Waals surface area (Å²) in [5.74, 6) is -5.15. The van der Waals surface area contributed by atoms with E-state index in [4.69, 9.17) is 11.5 Å². The predicted molar refractivity (Wildman–Crippen MR) is 112 cm³/mol. The second-order valence-corrected chi connectivity index (χ2v) is 6.63. The summed E-state index contributed by atoms with van der Waals surface area (Å²) in [5.41, 5.74) is 9.93. The number of nitrogens with one attached hydrogen (secondary N) is 6. The van der Waals surface area contributed by atoms with E-state index in [0.29, 0.717) is 0 Å². The fourth-order valence-electron chi connectivity index (χ4n) is 1.56. The van der Waals surface area contributed by atoms with Crippen molar-refractivity contribution in [2.75, 3.05) is 32.7 Å². The monoisotopic (exact) mass is 480 g/mol. The fourth-order valence-corrected chi connectivity index (χ4v) is 2.03. The molecule has 0 spiro atoms. The lowest BCUT2D eigenvalue weighted by atomic mass is 10.4. The maximum atomic E-state index is 11.7. The maximum absolute atomic E-state index is 11.7. The highest BCUT2D eigenvalue weighted by molar-refractivity contribution is 7.82. The first-order valence-electron chi connectivity index (χ1n) is 8.48. The van der Waals surface area contributed by atoms with Gasteiger partial charge in [0.1, 0.15) is 0 Å². The van der Waals surface area contributed by atoms with Gasteiger partial charge in [0, 0.05) is 0 Å². The Bertz CT molecular complexity index is 721. The molecule has 0 aromatic rings. The van der Waals surface area contributed by atoms with Crippen molar-refractivity contribution in [1.82, 2.24) is 31.9 Å². The first-order chi connectivity index (χ1) is 14.5. The molecule has 2 atom stereocenters. The lowest BCUT2D eigenvalue weighted by Gasteiger charge is -2.13. The molecular formula is C14H24N8O7S2. The minimum atomic E-state index is -1.28. The van der Waals surface area contributed by atoms with Crippen LogP contribution >= 0.6 is 25.3 Å². The number of carbonyl (C=O) groups excluding carboxylic acids is 7. The Morgan fingerprint density at radius 2 is 1.00 bits per heavy atom. The third kappa shape index (κ3) is 13.7. The van der Waals surface area contributed by atoms with Gasteiger partial charge in [-0.3, -0.25) is 33.6 Å². The molecule has 0 aromatic carbocycles. The second-order valence-electron chi connectivity index (χ2n) is 5.60. The quantitative estimate of drug-likeness (QED) is 0.0895. The summed E-state index contributed by atoms with van der Waals surface area (Å²) in [6.45, 7) is -2.29. The van der Waals surface area contributed by atoms with Crippen LogP contribution in [0.4, 0.5) is 0 Å². The molecule has 0 bridgehead atoms. The van der Waals surface area contributed by atoms with Crippen LogP contribution in [0.3, 0.4) is 0 Å². The Balaban J connectivity index is 4.09. The van der Waals surface area contributed by atoms with Crippen LogP contribution in [0.15, 0.2) is 0 Å². The minimum absolute atomic E-state index is 0.338. The topological polar surface area (TPSA) is 244 Å². The molecule has 0 aliphatic heterocycles. The van der Waals surface area contributed by atoms with Crippen molar-refractivity contribution >= 4 is 66.6 Å². The summed E-state index contributed by atoms with van der Waals surface area (Å²) < 4.78 is 0. The third-order valence-electron chi connectivity index (χ3n) is 3.03. The Kier molecular flexibility index (Phi) is 13.4. The van der Waals surface area contributed by atoms with Gasteiger partial charge < -0.3 is 43.4 Å². The van der Waals surface area contributed by atoms with Gasteiger partial charge in [0.25, 0.3) is 11.8 Å². The molecule has 0 fully saturated rings. The first-order valence-corrected chi connectivity index (χ1v) is 9.51. The maximum Gasteiger partial charge on any atom is 0.253 e. The molecule has 7 amide bonds. The lowest BCUT2D eigenvalue weighted by molar-refractivity contribution is -0.130. The molecule has 174 valence electrons. The average Bonchev–Trinajstić information content (AvgIpc) is 2.72. The Hall–Kier alpha value is -3.05. The van der Waals surface area contributed by atoms with Crippen LogP contribution in [0.1, 0.15) is 0 Å². The fraction of sp³-hybridized carbons (Fsp3) is 0.500. The van der Waals surface area contributed by atoms with Gasteiger partial charge in [-0.2, -0.15) is 0 Å². The smallest absolute Gasteiger partial charge is 0.253 e. The molecule has 0 heterocycles. The molecule has 0 aliphatic carbocycles. The van der Waals surface area contributed by atoms with Crippen molar-refractivity contribution in [2.24, 2.45) is 11.5 Å². The molecule has 0 rings (SSSR count). The molecule has 0 aromatic heterocycles. The highest BCUT2D eigenvalue weighted by Gasteiger charge is 2.18. The molecule has 17 heteroatoms. The highest BCUT2D eigenvalue weighted by atomic mass is 32.1. The van der Waals surface area contributed by atoms with Crippen LogP contribution in [0, 0.1) is 0 Å². The normalized spacial score (nSPS) is 11.8. The van der Waals surface area contributed by atoms with E-state index in [-0.39, 0.29) is 6.54 Å². The number of nitrogens with two attached hydrogens (primary N) is 2. The number of carbonyl (C=O) groups is 7. The lowest BCUT2D eigenvalue weighted by Crippen LogP contribution is -2.50. The summed E-state index contributed by atoms with van der Waals surface area (Å²) in [6, 6.07) is 0. The van der Waals surface area contributed by atoms with Gasteiger partial charge in [0.15, 0.2) is 10.7 Å². The van der Waals surface area contributed by atoms with Crippen molar-refractivity contribution in [3.05, 3.63) is 0 Å². The Morgan fingerprint density at radius 3 is 1.45 bits per heavy atom. The second kappa shape index (κ2) is 14.9. The van der Waals surface area contributed by atoms with E-state index in [2.05, 4.69) is 57.2 Å². The zero-order valence-corrected chi connectivity index (χ0v) is 17.9. The number of rotatable bonds is 13. The molecule has 0 saturated carbocycles. The molecule has 15 nitrogen and oxygen atoms in total. The number of primary amides is 1. The first kappa shape index (κ1) is 27.9. The molecular weight excluding hydrogens is 456 g/mol. The predicted octanol–water partition coefficient (Wildman–Crippen LogP) is -6.36. The number of hydrogen-bond acceptors (Lipinski definition) is 10. The van der Waals surface area contributed by atoms with E-state index in [0.717, 1.165) is 0 Å². The summed E-state index contributed by atoms with van der Waals surface area (Å²) in [5, 5.41) is 10.5. The zero-order chi connectivity index (χ0) is 24.0. The summed E-state index contributed by atoms with van der Waals surface area (Å²) in [6.07, 6.45) is 0. The van der Waals surface area contributed by atoms with E-state index in [1.807, 2.05) is 0 Å². The van der Waals surface area contributed by atoms with E-state index in [1.165, 1.54) is 0 Å². The van der Waals surface area contributed by atoms with E-state index in [9.17, 15) is 33.6 Å². The van der Waals surface area contributed by atoms with Crippen molar-refractivity contribution in [2.45, 2.75) is 10.7 Å². The largest absolute Gasteiger partial charge is 0.368 e. The Labute approximate surface area is 187 Å². The van der Waals surface area contributed by atoms with Crippen LogP contribution in [-0.4, -0.2) is 84.8 Å². The van der Waals surface area contributed by atoms with Gasteiger partial charge in [-0.15, -0.1) is 25.3 Å². The van der Waals surface area contributed by atoms with Crippen molar-refractivity contribution in [3.8, 4) is 0 Å². The van der Waals surface area contributed by atoms with Gasteiger partial charge >= 0.3 is 0 Å². The highest BCUT2D eigenvalue weighted by Crippen LogP contribution is 1.90. The van der Waals surface area contributed by atoms with Crippen LogP contribution in [-0.2, 0) is 33.6 Å². The third-order valence-corrected chi connectivity index (χ3v) is 3.76. The number of amides is 7. The molecule has 0 aliphatic rings. The minimum Gasteiger partial charge on any atom is -0.368 e. The van der Waals surface area contributed by atoms with Crippen molar-refractivity contribution < 1.29 is 33.6 Å². The van der Waals surface area contributed by atoms with Gasteiger partial charge in [-0.05, 0) is 0 Å². The molecule has 31 heavy (non-hydrogen) atoms. The molecule has 2 unspecified atom stereocenters. The number of hydrogen-bond donors (Lipinski definition) is 10. The summed E-state index contributed by atoms with van der Waals surface area (Å²) in [7, 11) is 0. The van der Waals surface area contributed by atoms with Crippen LogP contribution < -0.4 is 43.4 Å². The van der Waals surface area contributed by atoms with Gasteiger partial charge in [0.05, 0.1) is 32.7 Å². The van der Waals surface area contributed by atoms with Crippen molar-refractivity contribution in [1.29, 1.82) is 0 Å². The standard InChI is InChI=1S/C14H24N8O7S2/c15-1-7(24)21-13(30)12(29)20-4-9(26)17-3-8(25)18-5-10(27)22-14(31)11(28)19-2-6(16)23/h13-14,30-31H,1-5,15H2,(H2,16,23)(H,17,26)(H,18,25)(H,19,28)(H,20,29)(H,21,24)(H,22,27). The van der Waals surface area contributed by atoms with E-state index in [1.54, 1.807) is 0 Å². The SMILES string of the molecule is NCC(=O)NC(S)C(=O)NCC(=O)NCC(=O)NCC(=O)NC(S)C(=O)NCC(N)=O. The van der Waals surface area contributed by atoms with Crippen LogP contribution in [0.25, 0.3) is 0 Å². The van der Waals surface area contributed by atoms with Gasteiger partial charge in [-0.25, -0.2) is 0 Å². The van der Waals surface area contributed by atoms with Gasteiger partial charge in [0.2, 0.25) is 29.5 Å². The Morgan fingerprint density at radius 1 is 0.613 bits per heavy atom. The summed E-state index contributed by atoms with van der Waals surface area (Å²) >= 11 is 7.65. The molecule has 0 radical (unpaired) electrons. The van der Waals surface area contributed by atoms with E-state index >= 15 is 0 Å². The van der Waals surface area contributed by atoms with Crippen molar-refractivity contribution in [3.63, 3.8) is 0 Å². The van der Waals surface area contributed by atoms with Crippen LogP contribution in [0.2, 0.25) is 0 Å². The van der Waals surface area contributed by atoms with Gasteiger partial charge in [-0.1, -0.05) is 0 Å². The van der Waals surface area contributed by atoms with E-state index < -0.39 is 78.3 Å². The number of thiol groups is 2. The zero-order valence-electron chi connectivity index (χ0n) is 16.1. The molecule has 0 saturated heterocycles. The molecule has 10 N–H and O–H groups in total. The summed E-state index contributed by atoms with van der Waals surface area (Å²) in [4.78, 5) is 79.6. The average molecular weight is 481 g/mol. The van der Waals surface area contributed by atoms with Crippen LogP contribution in [0.5, 0.6) is 0 Å².